The van der Waals surface area contributed by atoms with Crippen LogP contribution < -0.4 is 5.32 Å². The Hall–Kier alpha value is -1.62. The molecule has 0 radical (unpaired) electrons. The molecule has 1 aromatic carbocycles. The van der Waals surface area contributed by atoms with Crippen LogP contribution >= 0.6 is 11.3 Å². The van der Waals surface area contributed by atoms with Crippen LogP contribution in [-0.2, 0) is 9.53 Å². The maximum absolute atomic E-state index is 11.3. The molecule has 1 aromatic heterocycles. The first-order chi connectivity index (χ1) is 9.19. The van der Waals surface area contributed by atoms with Gasteiger partial charge in [0, 0.05) is 13.0 Å². The zero-order valence-electron chi connectivity index (χ0n) is 11.2. The zero-order valence-corrected chi connectivity index (χ0v) is 12.0. The summed E-state index contributed by atoms with van der Waals surface area (Å²) in [5.74, 6) is 0.0900. The number of carbonyl (C=O) groups is 1. The predicted octanol–water partition coefficient (Wildman–Crippen LogP) is 3.30. The van der Waals surface area contributed by atoms with Crippen molar-refractivity contribution in [1.82, 2.24) is 4.98 Å². The van der Waals surface area contributed by atoms with E-state index in [-0.39, 0.29) is 11.9 Å². The van der Waals surface area contributed by atoms with E-state index in [1.807, 2.05) is 32.0 Å². The number of benzene rings is 1. The minimum atomic E-state index is -0.138. The molecule has 0 fully saturated rings. The molecule has 0 bridgehead atoms. The highest BCUT2D eigenvalue weighted by Crippen LogP contribution is 2.25. The maximum Gasteiger partial charge on any atom is 0.306 e. The molecular weight excluding hydrogens is 260 g/mol. The molecular formula is C14H18N2O2S. The SMILES string of the molecule is CCOC(=O)C[C@H](C)CNc1nc2ccccc2s1. The van der Waals surface area contributed by atoms with Crippen molar-refractivity contribution in [2.45, 2.75) is 20.3 Å². The Kier molecular flexibility index (Phi) is 4.74. The second kappa shape index (κ2) is 6.52. The smallest absolute Gasteiger partial charge is 0.306 e. The normalized spacial score (nSPS) is 12.3. The number of esters is 1. The number of hydrogen-bond donors (Lipinski definition) is 1. The fraction of sp³-hybridized carbons (Fsp3) is 0.429. The van der Waals surface area contributed by atoms with E-state index < -0.39 is 0 Å². The summed E-state index contributed by atoms with van der Waals surface area (Å²) in [7, 11) is 0. The van der Waals surface area contributed by atoms with Gasteiger partial charge >= 0.3 is 5.97 Å². The third kappa shape index (κ3) is 3.92. The topological polar surface area (TPSA) is 51.2 Å². The number of nitrogens with one attached hydrogen (secondary N) is 1. The summed E-state index contributed by atoms with van der Waals surface area (Å²) in [6.07, 6.45) is 0.436. The lowest BCUT2D eigenvalue weighted by atomic mass is 10.1. The van der Waals surface area contributed by atoms with E-state index in [1.165, 1.54) is 4.70 Å². The largest absolute Gasteiger partial charge is 0.466 e. The van der Waals surface area contributed by atoms with Crippen LogP contribution in [0.25, 0.3) is 10.2 Å². The summed E-state index contributed by atoms with van der Waals surface area (Å²) in [5.41, 5.74) is 1.01. The molecule has 1 N–H and O–H groups in total. The molecule has 0 saturated carbocycles. The molecule has 2 aromatic rings. The first-order valence-corrected chi connectivity index (χ1v) is 7.25. The standard InChI is InChI=1S/C14H18N2O2S/c1-3-18-13(17)8-10(2)9-15-14-16-11-6-4-5-7-12(11)19-14/h4-7,10H,3,8-9H2,1-2H3,(H,15,16)/t10-/m0/s1. The molecule has 0 aliphatic heterocycles. The van der Waals surface area contributed by atoms with Gasteiger partial charge in [0.05, 0.1) is 16.8 Å². The molecule has 2 rings (SSSR count). The van der Waals surface area contributed by atoms with E-state index >= 15 is 0 Å². The Bertz CT molecular complexity index is 520. The highest BCUT2D eigenvalue weighted by molar-refractivity contribution is 7.22. The molecule has 5 heteroatoms. The highest BCUT2D eigenvalue weighted by Gasteiger charge is 2.10. The predicted molar refractivity (Wildman–Crippen MR) is 78.5 cm³/mol. The van der Waals surface area contributed by atoms with Crippen molar-refractivity contribution in [2.24, 2.45) is 5.92 Å². The van der Waals surface area contributed by atoms with Crippen molar-refractivity contribution < 1.29 is 9.53 Å². The Morgan fingerprint density at radius 3 is 3.00 bits per heavy atom. The number of aromatic nitrogens is 1. The van der Waals surface area contributed by atoms with Crippen molar-refractivity contribution in [3.63, 3.8) is 0 Å². The number of ether oxygens (including phenoxy) is 1. The average molecular weight is 278 g/mol. The van der Waals surface area contributed by atoms with Crippen LogP contribution in [-0.4, -0.2) is 24.1 Å². The molecule has 0 unspecified atom stereocenters. The monoisotopic (exact) mass is 278 g/mol. The van der Waals surface area contributed by atoms with Gasteiger partial charge in [0.1, 0.15) is 0 Å². The van der Waals surface area contributed by atoms with Crippen molar-refractivity contribution in [3.05, 3.63) is 24.3 Å². The van der Waals surface area contributed by atoms with Gasteiger partial charge in [0.15, 0.2) is 5.13 Å². The van der Waals surface area contributed by atoms with Crippen LogP contribution in [0.4, 0.5) is 5.13 Å². The van der Waals surface area contributed by atoms with E-state index in [4.69, 9.17) is 4.74 Å². The van der Waals surface area contributed by atoms with Crippen LogP contribution in [0.3, 0.4) is 0 Å². The number of hydrogen-bond acceptors (Lipinski definition) is 5. The lowest BCUT2D eigenvalue weighted by molar-refractivity contribution is -0.143. The number of rotatable bonds is 6. The molecule has 0 saturated heterocycles. The number of anilines is 1. The molecule has 1 heterocycles. The van der Waals surface area contributed by atoms with Gasteiger partial charge in [-0.05, 0) is 25.0 Å². The quantitative estimate of drug-likeness (QED) is 0.824. The molecule has 0 aliphatic carbocycles. The van der Waals surface area contributed by atoms with Crippen LogP contribution in [0.2, 0.25) is 0 Å². The van der Waals surface area contributed by atoms with Gasteiger partial charge in [-0.2, -0.15) is 0 Å². The van der Waals surface area contributed by atoms with Gasteiger partial charge in [-0.25, -0.2) is 4.98 Å². The number of thiazole rings is 1. The number of nitrogens with zero attached hydrogens (tertiary/aromatic N) is 1. The first kappa shape index (κ1) is 13.8. The number of fused-ring (bicyclic) bond motifs is 1. The molecule has 4 nitrogen and oxygen atoms in total. The Morgan fingerprint density at radius 1 is 1.47 bits per heavy atom. The van der Waals surface area contributed by atoms with Crippen LogP contribution in [0.15, 0.2) is 24.3 Å². The van der Waals surface area contributed by atoms with E-state index in [1.54, 1.807) is 11.3 Å². The minimum absolute atomic E-state index is 0.138. The summed E-state index contributed by atoms with van der Waals surface area (Å²) < 4.78 is 6.10. The fourth-order valence-corrected chi connectivity index (χ4v) is 2.66. The van der Waals surface area contributed by atoms with Crippen LogP contribution in [0.5, 0.6) is 0 Å². The van der Waals surface area contributed by atoms with Crippen molar-refractivity contribution in [3.8, 4) is 0 Å². The first-order valence-electron chi connectivity index (χ1n) is 6.44. The fourth-order valence-electron chi connectivity index (χ4n) is 1.79. The van der Waals surface area contributed by atoms with Gasteiger partial charge in [-0.3, -0.25) is 4.79 Å². The van der Waals surface area contributed by atoms with E-state index in [9.17, 15) is 4.79 Å². The van der Waals surface area contributed by atoms with E-state index in [0.29, 0.717) is 13.0 Å². The third-order valence-electron chi connectivity index (χ3n) is 2.72. The number of para-hydroxylation sites is 1. The summed E-state index contributed by atoms with van der Waals surface area (Å²) in [6.45, 7) is 5.01. The summed E-state index contributed by atoms with van der Waals surface area (Å²) >= 11 is 1.63. The molecule has 0 spiro atoms. The molecule has 1 atom stereocenters. The third-order valence-corrected chi connectivity index (χ3v) is 3.71. The van der Waals surface area contributed by atoms with Crippen molar-refractivity contribution >= 4 is 32.7 Å². The average Bonchev–Trinajstić information content (AvgIpc) is 2.79. The Morgan fingerprint density at radius 2 is 2.26 bits per heavy atom. The second-order valence-electron chi connectivity index (χ2n) is 4.48. The van der Waals surface area contributed by atoms with E-state index in [0.717, 1.165) is 17.2 Å². The summed E-state index contributed by atoms with van der Waals surface area (Å²) in [5, 5.41) is 4.18. The van der Waals surface area contributed by atoms with Gasteiger partial charge in [0.25, 0.3) is 0 Å². The van der Waals surface area contributed by atoms with Gasteiger partial charge in [0.2, 0.25) is 0 Å². The number of carbonyl (C=O) groups excluding carboxylic acids is 1. The van der Waals surface area contributed by atoms with Crippen LogP contribution in [0.1, 0.15) is 20.3 Å². The summed E-state index contributed by atoms with van der Waals surface area (Å²) in [4.78, 5) is 15.8. The van der Waals surface area contributed by atoms with Crippen LogP contribution in [0, 0.1) is 5.92 Å². The van der Waals surface area contributed by atoms with Gasteiger partial charge in [-0.15, -0.1) is 0 Å². The molecule has 102 valence electrons. The summed E-state index contributed by atoms with van der Waals surface area (Å²) in [6, 6.07) is 8.04. The molecule has 19 heavy (non-hydrogen) atoms. The minimum Gasteiger partial charge on any atom is -0.466 e. The van der Waals surface area contributed by atoms with Crippen molar-refractivity contribution in [2.75, 3.05) is 18.5 Å². The van der Waals surface area contributed by atoms with Gasteiger partial charge in [-0.1, -0.05) is 30.4 Å². The molecule has 0 aliphatic rings. The van der Waals surface area contributed by atoms with Crippen molar-refractivity contribution in [1.29, 1.82) is 0 Å². The second-order valence-corrected chi connectivity index (χ2v) is 5.51. The molecule has 0 amide bonds. The highest BCUT2D eigenvalue weighted by atomic mass is 32.1. The maximum atomic E-state index is 11.3. The Labute approximate surface area is 116 Å². The van der Waals surface area contributed by atoms with Gasteiger partial charge < -0.3 is 10.1 Å². The van der Waals surface area contributed by atoms with E-state index in [2.05, 4.69) is 16.4 Å². The zero-order chi connectivity index (χ0) is 13.7. The Balaban J connectivity index is 1.86. The lowest BCUT2D eigenvalue weighted by Gasteiger charge is -2.10. The lowest BCUT2D eigenvalue weighted by Crippen LogP contribution is -2.16.